The summed E-state index contributed by atoms with van der Waals surface area (Å²) >= 11 is 0. The fourth-order valence-corrected chi connectivity index (χ4v) is 4.18. The van der Waals surface area contributed by atoms with Gasteiger partial charge in [0.15, 0.2) is 6.29 Å². The van der Waals surface area contributed by atoms with Gasteiger partial charge in [-0.05, 0) is 43.7 Å². The standard InChI is InChI=1S/C24H24O8/c1-12-10-19(25)30-18-11-16(8-9-17(12)18)29-24-20(26)22-21(13(2)28-24)31-23(32-22)14-4-6-15(27-3)7-5-14/h4-11,13,20-24,26H,1-3H3/t13-,20?,21+,22-,23?,24-/m0/s1. The molecule has 2 aliphatic rings. The summed E-state index contributed by atoms with van der Waals surface area (Å²) < 4.78 is 34.4. The van der Waals surface area contributed by atoms with E-state index in [0.717, 1.165) is 22.3 Å². The zero-order valence-electron chi connectivity index (χ0n) is 17.9. The van der Waals surface area contributed by atoms with Crippen LogP contribution in [0.2, 0.25) is 0 Å². The smallest absolute Gasteiger partial charge is 0.336 e. The molecule has 32 heavy (non-hydrogen) atoms. The Bertz CT molecular complexity index is 1170. The Balaban J connectivity index is 1.34. The molecule has 2 saturated heterocycles. The second-order valence-electron chi connectivity index (χ2n) is 8.03. The number of aliphatic hydroxyl groups excluding tert-OH is 1. The van der Waals surface area contributed by atoms with Gasteiger partial charge >= 0.3 is 5.63 Å². The van der Waals surface area contributed by atoms with Gasteiger partial charge in [-0.15, -0.1) is 0 Å². The van der Waals surface area contributed by atoms with Crippen molar-refractivity contribution in [2.24, 2.45) is 0 Å². The molecule has 0 aliphatic carbocycles. The minimum absolute atomic E-state index is 0.378. The summed E-state index contributed by atoms with van der Waals surface area (Å²) in [6, 6.07) is 14.0. The molecule has 168 valence electrons. The summed E-state index contributed by atoms with van der Waals surface area (Å²) in [5, 5.41) is 11.7. The van der Waals surface area contributed by atoms with Gasteiger partial charge < -0.3 is 33.2 Å². The molecular formula is C24H24O8. The fraction of sp³-hybridized carbons (Fsp3) is 0.375. The van der Waals surface area contributed by atoms with Crippen molar-refractivity contribution in [3.05, 3.63) is 70.1 Å². The van der Waals surface area contributed by atoms with Crippen LogP contribution in [0.3, 0.4) is 0 Å². The van der Waals surface area contributed by atoms with Crippen molar-refractivity contribution in [1.82, 2.24) is 0 Å². The number of rotatable bonds is 4. The highest BCUT2D eigenvalue weighted by Gasteiger charge is 2.52. The van der Waals surface area contributed by atoms with E-state index in [1.165, 1.54) is 6.07 Å². The molecule has 0 saturated carbocycles. The highest BCUT2D eigenvalue weighted by atomic mass is 16.8. The van der Waals surface area contributed by atoms with E-state index in [2.05, 4.69) is 0 Å². The number of aliphatic hydroxyl groups is 1. The molecule has 0 spiro atoms. The highest BCUT2D eigenvalue weighted by Crippen LogP contribution is 2.40. The van der Waals surface area contributed by atoms with E-state index in [0.29, 0.717) is 11.3 Å². The lowest BCUT2D eigenvalue weighted by Crippen LogP contribution is -2.57. The van der Waals surface area contributed by atoms with Crippen molar-refractivity contribution in [2.75, 3.05) is 7.11 Å². The molecule has 0 radical (unpaired) electrons. The van der Waals surface area contributed by atoms with Crippen LogP contribution >= 0.6 is 0 Å². The monoisotopic (exact) mass is 440 g/mol. The van der Waals surface area contributed by atoms with E-state index in [1.54, 1.807) is 25.3 Å². The Morgan fingerprint density at radius 1 is 0.938 bits per heavy atom. The predicted molar refractivity (Wildman–Crippen MR) is 114 cm³/mol. The summed E-state index contributed by atoms with van der Waals surface area (Å²) in [6.07, 6.45) is -4.14. The quantitative estimate of drug-likeness (QED) is 0.619. The van der Waals surface area contributed by atoms with Crippen molar-refractivity contribution < 1.29 is 33.2 Å². The number of fused-ring (bicyclic) bond motifs is 2. The summed E-state index contributed by atoms with van der Waals surface area (Å²) in [5.41, 5.74) is 1.61. The maximum Gasteiger partial charge on any atom is 0.336 e. The first kappa shape index (κ1) is 21.0. The molecule has 8 heteroatoms. The Kier molecular flexibility index (Phi) is 5.38. The molecule has 1 N–H and O–H groups in total. The Morgan fingerprint density at radius 3 is 2.41 bits per heavy atom. The van der Waals surface area contributed by atoms with Gasteiger partial charge in [-0.3, -0.25) is 0 Å². The SMILES string of the molecule is COc1ccc(C2O[C@@H]3[C@H](C)O[C@@H](Oc4ccc5c(C)cc(=O)oc5c4)C(O)[C@@H]3O2)cc1. The van der Waals surface area contributed by atoms with E-state index in [9.17, 15) is 9.90 Å². The molecule has 0 bridgehead atoms. The van der Waals surface area contributed by atoms with Crippen LogP contribution in [0.25, 0.3) is 11.0 Å². The van der Waals surface area contributed by atoms with Gasteiger partial charge in [0.1, 0.15) is 35.4 Å². The predicted octanol–water partition coefficient (Wildman–Crippen LogP) is 3.08. The molecular weight excluding hydrogens is 416 g/mol. The van der Waals surface area contributed by atoms with Crippen molar-refractivity contribution in [3.8, 4) is 11.5 Å². The van der Waals surface area contributed by atoms with Crippen LogP contribution in [-0.2, 0) is 14.2 Å². The first-order valence-electron chi connectivity index (χ1n) is 10.4. The van der Waals surface area contributed by atoms with Crippen molar-refractivity contribution >= 4 is 11.0 Å². The van der Waals surface area contributed by atoms with E-state index in [4.69, 9.17) is 28.1 Å². The lowest BCUT2D eigenvalue weighted by Gasteiger charge is -2.38. The molecule has 0 amide bonds. The Morgan fingerprint density at radius 2 is 1.66 bits per heavy atom. The molecule has 2 fully saturated rings. The number of ether oxygens (including phenoxy) is 5. The molecule has 8 nitrogen and oxygen atoms in total. The van der Waals surface area contributed by atoms with Crippen LogP contribution in [-0.4, -0.2) is 42.9 Å². The van der Waals surface area contributed by atoms with E-state index < -0.39 is 36.5 Å². The summed E-state index contributed by atoms with van der Waals surface area (Å²) in [6.45, 7) is 3.69. The molecule has 2 unspecified atom stereocenters. The first-order chi connectivity index (χ1) is 15.4. The average Bonchev–Trinajstić information content (AvgIpc) is 3.23. The molecule has 2 aromatic carbocycles. The number of hydrogen-bond donors (Lipinski definition) is 1. The Labute approximate surface area is 184 Å². The topological polar surface area (TPSA) is 96.6 Å². The van der Waals surface area contributed by atoms with Crippen LogP contribution in [0.5, 0.6) is 11.5 Å². The third kappa shape index (κ3) is 3.75. The molecule has 3 heterocycles. The second kappa shape index (κ2) is 8.22. The maximum absolute atomic E-state index is 11.7. The largest absolute Gasteiger partial charge is 0.497 e. The van der Waals surface area contributed by atoms with Gasteiger partial charge in [0.25, 0.3) is 0 Å². The van der Waals surface area contributed by atoms with E-state index in [-0.39, 0.29) is 6.10 Å². The molecule has 6 atom stereocenters. The Hall–Kier alpha value is -2.91. The number of benzene rings is 2. The highest BCUT2D eigenvalue weighted by molar-refractivity contribution is 5.81. The molecule has 3 aromatic rings. The van der Waals surface area contributed by atoms with Crippen molar-refractivity contribution in [3.63, 3.8) is 0 Å². The van der Waals surface area contributed by atoms with Crippen LogP contribution in [0.1, 0.15) is 24.3 Å². The van der Waals surface area contributed by atoms with Crippen molar-refractivity contribution in [1.29, 1.82) is 0 Å². The summed E-state index contributed by atoms with van der Waals surface area (Å²) in [7, 11) is 1.60. The third-order valence-corrected chi connectivity index (χ3v) is 5.88. The number of hydrogen-bond acceptors (Lipinski definition) is 8. The van der Waals surface area contributed by atoms with Crippen LogP contribution < -0.4 is 15.1 Å². The van der Waals surface area contributed by atoms with Crippen LogP contribution in [0.4, 0.5) is 0 Å². The minimum atomic E-state index is -1.08. The molecule has 1 aromatic heterocycles. The van der Waals surface area contributed by atoms with Crippen LogP contribution in [0, 0.1) is 6.92 Å². The second-order valence-corrected chi connectivity index (χ2v) is 8.03. The van der Waals surface area contributed by atoms with Gasteiger partial charge in [0.05, 0.1) is 13.2 Å². The number of aryl methyl sites for hydroxylation is 1. The minimum Gasteiger partial charge on any atom is -0.497 e. The van der Waals surface area contributed by atoms with Gasteiger partial charge in [-0.25, -0.2) is 4.79 Å². The van der Waals surface area contributed by atoms with E-state index in [1.807, 2.05) is 38.1 Å². The van der Waals surface area contributed by atoms with Crippen LogP contribution in [0.15, 0.2) is 57.7 Å². The lowest BCUT2D eigenvalue weighted by atomic mass is 10.00. The first-order valence-corrected chi connectivity index (χ1v) is 10.4. The van der Waals surface area contributed by atoms with Gasteiger partial charge in [-0.1, -0.05) is 12.1 Å². The van der Waals surface area contributed by atoms with Gasteiger partial charge in [-0.2, -0.15) is 0 Å². The third-order valence-electron chi connectivity index (χ3n) is 5.88. The normalized spacial score (nSPS) is 29.6. The van der Waals surface area contributed by atoms with E-state index >= 15 is 0 Å². The van der Waals surface area contributed by atoms with Gasteiger partial charge in [0.2, 0.25) is 6.29 Å². The zero-order valence-corrected chi connectivity index (χ0v) is 17.9. The van der Waals surface area contributed by atoms with Crippen molar-refractivity contribution in [2.45, 2.75) is 50.8 Å². The molecule has 5 rings (SSSR count). The molecule has 2 aliphatic heterocycles. The fourth-order valence-electron chi connectivity index (χ4n) is 4.18. The maximum atomic E-state index is 11.7. The zero-order chi connectivity index (χ0) is 22.4. The summed E-state index contributed by atoms with van der Waals surface area (Å²) in [5.74, 6) is 1.14. The summed E-state index contributed by atoms with van der Waals surface area (Å²) in [4.78, 5) is 11.7. The van der Waals surface area contributed by atoms with Gasteiger partial charge in [0, 0.05) is 23.1 Å². The number of methoxy groups -OCH3 is 1. The average molecular weight is 440 g/mol. The lowest BCUT2D eigenvalue weighted by molar-refractivity contribution is -0.244.